The largest absolute Gasteiger partial charge is 0.228 e. The van der Waals surface area contributed by atoms with Crippen LogP contribution in [0.15, 0.2) is 210 Å². The van der Waals surface area contributed by atoms with E-state index in [1.807, 2.05) is 42.5 Å². The van der Waals surface area contributed by atoms with Crippen molar-refractivity contribution in [1.82, 2.24) is 9.97 Å². The van der Waals surface area contributed by atoms with Crippen LogP contribution in [0.2, 0.25) is 0 Å². The van der Waals surface area contributed by atoms with Crippen molar-refractivity contribution >= 4 is 11.8 Å². The molecule has 1 aliphatic heterocycles. The Morgan fingerprint density at radius 3 is 1.50 bits per heavy atom. The Kier molecular flexibility index (Phi) is 8.03. The molecular formula is C54H33N3S. The maximum Gasteiger partial charge on any atom is 0.160 e. The third-order valence-electron chi connectivity index (χ3n) is 11.6. The number of hydrogen-bond donors (Lipinski definition) is 0. The van der Waals surface area contributed by atoms with E-state index >= 15 is 0 Å². The average molecular weight is 756 g/mol. The van der Waals surface area contributed by atoms with E-state index in [9.17, 15) is 5.26 Å². The van der Waals surface area contributed by atoms with Crippen LogP contribution in [0.5, 0.6) is 0 Å². The fourth-order valence-electron chi connectivity index (χ4n) is 8.97. The van der Waals surface area contributed by atoms with E-state index in [1.54, 1.807) is 11.8 Å². The van der Waals surface area contributed by atoms with Crippen molar-refractivity contribution in [3.8, 4) is 73.4 Å². The van der Waals surface area contributed by atoms with E-state index in [-0.39, 0.29) is 0 Å². The van der Waals surface area contributed by atoms with Crippen LogP contribution in [0.3, 0.4) is 0 Å². The fraction of sp³-hybridized carbons (Fsp3) is 0.0185. The van der Waals surface area contributed by atoms with E-state index in [4.69, 9.17) is 9.97 Å². The molecule has 0 N–H and O–H groups in total. The topological polar surface area (TPSA) is 49.6 Å². The Labute approximate surface area is 342 Å². The van der Waals surface area contributed by atoms with Crippen LogP contribution in [0.25, 0.3) is 67.3 Å². The van der Waals surface area contributed by atoms with Crippen molar-refractivity contribution in [2.45, 2.75) is 15.2 Å². The summed E-state index contributed by atoms with van der Waals surface area (Å²) in [4.78, 5) is 12.4. The summed E-state index contributed by atoms with van der Waals surface area (Å²) in [6.07, 6.45) is 0. The molecule has 0 fully saturated rings. The van der Waals surface area contributed by atoms with Crippen LogP contribution >= 0.6 is 11.8 Å². The minimum Gasteiger partial charge on any atom is -0.228 e. The molecule has 11 rings (SSSR count). The lowest BCUT2D eigenvalue weighted by Crippen LogP contribution is -2.32. The maximum absolute atomic E-state index is 9.95. The third kappa shape index (κ3) is 5.44. The number of benzene rings is 8. The summed E-state index contributed by atoms with van der Waals surface area (Å²) in [5.41, 5.74) is 17.1. The first-order chi connectivity index (χ1) is 28.7. The van der Waals surface area contributed by atoms with Gasteiger partial charge >= 0.3 is 0 Å². The highest BCUT2D eigenvalue weighted by atomic mass is 32.2. The Hall–Kier alpha value is -7.32. The van der Waals surface area contributed by atoms with Crippen LogP contribution in [0, 0.1) is 11.3 Å². The van der Waals surface area contributed by atoms with E-state index in [0.29, 0.717) is 11.4 Å². The number of nitriles is 1. The third-order valence-corrected chi connectivity index (χ3v) is 12.7. The second kappa shape index (κ2) is 13.7. The summed E-state index contributed by atoms with van der Waals surface area (Å²) >= 11 is 1.77. The quantitative estimate of drug-likeness (QED) is 0.175. The first kappa shape index (κ1) is 34.0. The summed E-state index contributed by atoms with van der Waals surface area (Å²) in [7, 11) is 0. The Morgan fingerprint density at radius 2 is 0.862 bits per heavy atom. The number of fused-ring (bicyclic) bond motifs is 9. The molecule has 2 heterocycles. The molecule has 0 saturated heterocycles. The molecule has 0 unspecified atom stereocenters. The van der Waals surface area contributed by atoms with Gasteiger partial charge in [-0.2, -0.15) is 5.26 Å². The molecule has 0 saturated carbocycles. The minimum absolute atomic E-state index is 0.486. The van der Waals surface area contributed by atoms with E-state index in [2.05, 4.69) is 164 Å². The summed E-state index contributed by atoms with van der Waals surface area (Å²) in [6.45, 7) is 0. The van der Waals surface area contributed by atoms with Gasteiger partial charge in [-0.25, -0.2) is 9.97 Å². The molecule has 1 spiro atoms. The zero-order chi connectivity index (χ0) is 38.6. The number of nitrogens with zero attached hydrogens (tertiary/aromatic N) is 3. The molecule has 3 nitrogen and oxygen atoms in total. The van der Waals surface area contributed by atoms with Crippen molar-refractivity contribution in [1.29, 1.82) is 5.26 Å². The number of hydrogen-bond acceptors (Lipinski definition) is 4. The predicted octanol–water partition coefficient (Wildman–Crippen LogP) is 13.5. The first-order valence-electron chi connectivity index (χ1n) is 19.4. The Balaban J connectivity index is 1.01. The highest BCUT2D eigenvalue weighted by Gasteiger charge is 2.50. The van der Waals surface area contributed by atoms with Crippen LogP contribution in [-0.4, -0.2) is 9.97 Å². The molecule has 58 heavy (non-hydrogen) atoms. The molecule has 0 bridgehead atoms. The van der Waals surface area contributed by atoms with Gasteiger partial charge in [-0.3, -0.25) is 0 Å². The van der Waals surface area contributed by atoms with Gasteiger partial charge in [0.15, 0.2) is 5.82 Å². The standard InChI is InChI=1S/C54H33N3S/c55-34-35-25-27-47-51(29-35)58-52-32-41(26-28-48(52)54(47)45-23-9-7-21-43(45)44-22-8-10-24-46(44)54)39-18-11-17-38(30-39)40-19-12-20-42(31-40)50-33-49(36-13-3-1-4-14-36)56-53(57-50)37-15-5-2-6-16-37/h1-33H. The summed E-state index contributed by atoms with van der Waals surface area (Å²) < 4.78 is 0. The minimum atomic E-state index is -0.486. The van der Waals surface area contributed by atoms with Gasteiger partial charge in [-0.05, 0) is 92.0 Å². The zero-order valence-electron chi connectivity index (χ0n) is 31.3. The van der Waals surface area contributed by atoms with Gasteiger partial charge in [0.1, 0.15) is 0 Å². The predicted molar refractivity (Wildman–Crippen MR) is 235 cm³/mol. The number of rotatable bonds is 5. The lowest BCUT2D eigenvalue weighted by Gasteiger charge is -2.40. The summed E-state index contributed by atoms with van der Waals surface area (Å²) in [6, 6.07) is 73.3. The highest BCUT2D eigenvalue weighted by Crippen LogP contribution is 2.62. The second-order valence-electron chi connectivity index (χ2n) is 14.8. The highest BCUT2D eigenvalue weighted by molar-refractivity contribution is 7.99. The molecule has 0 atom stereocenters. The molecule has 0 amide bonds. The molecule has 9 aromatic rings. The van der Waals surface area contributed by atoms with Gasteiger partial charge in [0.05, 0.1) is 28.4 Å². The zero-order valence-corrected chi connectivity index (χ0v) is 32.1. The van der Waals surface area contributed by atoms with Crippen molar-refractivity contribution in [2.75, 3.05) is 0 Å². The molecule has 0 radical (unpaired) electrons. The molecule has 1 aliphatic carbocycles. The lowest BCUT2D eigenvalue weighted by atomic mass is 9.67. The first-order valence-corrected chi connectivity index (χ1v) is 20.3. The van der Waals surface area contributed by atoms with E-state index in [1.165, 1.54) is 38.3 Å². The monoisotopic (exact) mass is 755 g/mol. The maximum atomic E-state index is 9.95. The van der Waals surface area contributed by atoms with Crippen molar-refractivity contribution in [3.05, 3.63) is 228 Å². The van der Waals surface area contributed by atoms with Gasteiger partial charge in [0.25, 0.3) is 0 Å². The Morgan fingerprint density at radius 1 is 0.379 bits per heavy atom. The molecular weight excluding hydrogens is 723 g/mol. The van der Waals surface area contributed by atoms with Gasteiger partial charge in [0.2, 0.25) is 0 Å². The molecule has 8 aromatic carbocycles. The van der Waals surface area contributed by atoms with Crippen LogP contribution in [0.1, 0.15) is 27.8 Å². The van der Waals surface area contributed by atoms with Gasteiger partial charge < -0.3 is 0 Å². The molecule has 270 valence electrons. The van der Waals surface area contributed by atoms with Crippen LogP contribution < -0.4 is 0 Å². The fourth-order valence-corrected chi connectivity index (χ4v) is 10.2. The Bertz CT molecular complexity index is 3010. The van der Waals surface area contributed by atoms with Gasteiger partial charge in [-0.15, -0.1) is 0 Å². The van der Waals surface area contributed by atoms with E-state index in [0.717, 1.165) is 55.2 Å². The number of aromatic nitrogens is 2. The average Bonchev–Trinajstić information content (AvgIpc) is 3.59. The summed E-state index contributed by atoms with van der Waals surface area (Å²) in [5, 5.41) is 9.95. The van der Waals surface area contributed by atoms with Crippen LogP contribution in [-0.2, 0) is 5.41 Å². The van der Waals surface area contributed by atoms with Crippen LogP contribution in [0.4, 0.5) is 0 Å². The van der Waals surface area contributed by atoms with Crippen molar-refractivity contribution < 1.29 is 0 Å². The van der Waals surface area contributed by atoms with Crippen molar-refractivity contribution in [3.63, 3.8) is 0 Å². The second-order valence-corrected chi connectivity index (χ2v) is 15.9. The van der Waals surface area contributed by atoms with E-state index < -0.39 is 5.41 Å². The van der Waals surface area contributed by atoms with Gasteiger partial charge in [0, 0.05) is 26.5 Å². The van der Waals surface area contributed by atoms with Crippen molar-refractivity contribution in [2.24, 2.45) is 0 Å². The normalized spacial score (nSPS) is 12.9. The lowest BCUT2D eigenvalue weighted by molar-refractivity contribution is 0.722. The summed E-state index contributed by atoms with van der Waals surface area (Å²) in [5.74, 6) is 0.701. The smallest absolute Gasteiger partial charge is 0.160 e. The molecule has 2 aliphatic rings. The van der Waals surface area contributed by atoms with Gasteiger partial charge in [-0.1, -0.05) is 176 Å². The molecule has 1 aromatic heterocycles. The molecule has 4 heteroatoms. The SMILES string of the molecule is N#Cc1ccc2c(c1)Sc1cc(-c3cccc(-c4cccc(-c5cc(-c6ccccc6)nc(-c6ccccc6)n5)c4)c3)ccc1C21c2ccccc2-c2ccccc21.